The van der Waals surface area contributed by atoms with Crippen LogP contribution in [0.4, 0.5) is 0 Å². The van der Waals surface area contributed by atoms with Gasteiger partial charge in [0.2, 0.25) is 0 Å². The topological polar surface area (TPSA) is 72.3 Å². The van der Waals surface area contributed by atoms with Gasteiger partial charge in [0.15, 0.2) is 6.10 Å². The number of nitrogens with zero attached hydrogens (tertiary/aromatic N) is 2. The summed E-state index contributed by atoms with van der Waals surface area (Å²) in [5, 5.41) is 9.82. The van der Waals surface area contributed by atoms with E-state index in [1.165, 1.54) is 7.11 Å². The molecule has 0 aliphatic heterocycles. The fraction of sp³-hybridized carbons (Fsp3) is 0.500. The van der Waals surface area contributed by atoms with Crippen LogP contribution in [-0.2, 0) is 14.9 Å². The van der Waals surface area contributed by atoms with Gasteiger partial charge in [-0.1, -0.05) is 0 Å². The van der Waals surface area contributed by atoms with E-state index in [1.54, 1.807) is 18.6 Å². The van der Waals surface area contributed by atoms with Crippen molar-refractivity contribution >= 4 is 5.97 Å². The Bertz CT molecular complexity index is 362. The van der Waals surface area contributed by atoms with E-state index >= 15 is 0 Å². The van der Waals surface area contributed by atoms with Gasteiger partial charge in [0.25, 0.3) is 0 Å². The molecule has 1 atom stereocenters. The van der Waals surface area contributed by atoms with Crippen LogP contribution in [0.2, 0.25) is 0 Å². The molecular weight excluding hydrogens is 196 g/mol. The Balaban J connectivity index is 2.25. The monoisotopic (exact) mass is 208 g/mol. The molecule has 1 heterocycles. The molecule has 1 fully saturated rings. The number of carbonyl (C=O) groups is 1. The zero-order chi connectivity index (χ0) is 10.9. The van der Waals surface area contributed by atoms with Gasteiger partial charge in [-0.25, -0.2) is 4.79 Å². The summed E-state index contributed by atoms with van der Waals surface area (Å²) in [5.74, 6) is -0.613. The predicted octanol–water partition coefficient (Wildman–Crippen LogP) is 0.0421. The molecule has 0 aromatic carbocycles. The predicted molar refractivity (Wildman–Crippen MR) is 51.0 cm³/mol. The van der Waals surface area contributed by atoms with Crippen LogP contribution < -0.4 is 0 Å². The molecule has 0 radical (unpaired) electrons. The standard InChI is InChI=1S/C10H12N2O3/c1-15-9(14)8(13)10(2-3-10)7-6-11-4-5-12-7/h4-6,8,13H,2-3H2,1H3. The zero-order valence-corrected chi connectivity index (χ0v) is 8.38. The number of aromatic nitrogens is 2. The Labute approximate surface area is 87.1 Å². The average molecular weight is 208 g/mol. The van der Waals surface area contributed by atoms with E-state index in [0.29, 0.717) is 5.69 Å². The van der Waals surface area contributed by atoms with E-state index in [2.05, 4.69) is 14.7 Å². The van der Waals surface area contributed by atoms with Gasteiger partial charge in [-0.3, -0.25) is 9.97 Å². The van der Waals surface area contributed by atoms with E-state index in [4.69, 9.17) is 0 Å². The van der Waals surface area contributed by atoms with Crippen molar-refractivity contribution < 1.29 is 14.6 Å². The van der Waals surface area contributed by atoms with Crippen LogP contribution >= 0.6 is 0 Å². The Kier molecular flexibility index (Phi) is 2.40. The number of hydrogen-bond acceptors (Lipinski definition) is 5. The summed E-state index contributed by atoms with van der Waals surface area (Å²) in [6.07, 6.45) is 5.03. The highest BCUT2D eigenvalue weighted by atomic mass is 16.5. The number of esters is 1. The van der Waals surface area contributed by atoms with Gasteiger partial charge in [0.1, 0.15) is 0 Å². The van der Waals surface area contributed by atoms with E-state index in [1.807, 2.05) is 0 Å². The van der Waals surface area contributed by atoms with Gasteiger partial charge in [-0.2, -0.15) is 0 Å². The molecule has 15 heavy (non-hydrogen) atoms. The molecular formula is C10H12N2O3. The third-order valence-electron chi connectivity index (χ3n) is 2.81. The first-order chi connectivity index (χ1) is 7.20. The van der Waals surface area contributed by atoms with Crippen molar-refractivity contribution in [3.05, 3.63) is 24.3 Å². The molecule has 1 aromatic rings. The minimum Gasteiger partial charge on any atom is -0.467 e. The summed E-state index contributed by atoms with van der Waals surface area (Å²) < 4.78 is 4.52. The van der Waals surface area contributed by atoms with Gasteiger partial charge in [-0.05, 0) is 12.8 Å². The van der Waals surface area contributed by atoms with Crippen molar-refractivity contribution in [1.29, 1.82) is 0 Å². The molecule has 1 N–H and O–H groups in total. The highest BCUT2D eigenvalue weighted by molar-refractivity contribution is 5.77. The summed E-state index contributed by atoms with van der Waals surface area (Å²) in [5.41, 5.74) is 0.0874. The highest BCUT2D eigenvalue weighted by Crippen LogP contribution is 2.50. The van der Waals surface area contributed by atoms with Gasteiger partial charge in [-0.15, -0.1) is 0 Å². The summed E-state index contributed by atoms with van der Waals surface area (Å²) in [6, 6.07) is 0. The smallest absolute Gasteiger partial charge is 0.335 e. The molecule has 1 aliphatic rings. The van der Waals surface area contributed by atoms with Gasteiger partial charge < -0.3 is 9.84 Å². The molecule has 0 amide bonds. The molecule has 0 bridgehead atoms. The summed E-state index contributed by atoms with van der Waals surface area (Å²) >= 11 is 0. The van der Waals surface area contributed by atoms with Crippen molar-refractivity contribution in [2.24, 2.45) is 0 Å². The largest absolute Gasteiger partial charge is 0.467 e. The van der Waals surface area contributed by atoms with E-state index in [0.717, 1.165) is 12.8 Å². The van der Waals surface area contributed by atoms with E-state index in [9.17, 15) is 9.90 Å². The van der Waals surface area contributed by atoms with E-state index in [-0.39, 0.29) is 0 Å². The van der Waals surface area contributed by atoms with Crippen molar-refractivity contribution in [3.8, 4) is 0 Å². The Morgan fingerprint density at radius 3 is 2.80 bits per heavy atom. The van der Waals surface area contributed by atoms with Crippen molar-refractivity contribution in [3.63, 3.8) is 0 Å². The third-order valence-corrected chi connectivity index (χ3v) is 2.81. The van der Waals surface area contributed by atoms with Gasteiger partial charge >= 0.3 is 5.97 Å². The van der Waals surface area contributed by atoms with Crippen LogP contribution in [-0.4, -0.2) is 34.3 Å². The number of carbonyl (C=O) groups excluding carboxylic acids is 1. The molecule has 0 saturated heterocycles. The second kappa shape index (κ2) is 3.58. The Hall–Kier alpha value is -1.49. The normalized spacial score (nSPS) is 19.3. The summed E-state index contributed by atoms with van der Waals surface area (Å²) in [7, 11) is 1.26. The quantitative estimate of drug-likeness (QED) is 0.710. The van der Waals surface area contributed by atoms with Crippen LogP contribution in [0.25, 0.3) is 0 Å². The number of hydrogen-bond donors (Lipinski definition) is 1. The van der Waals surface area contributed by atoms with Crippen molar-refractivity contribution in [1.82, 2.24) is 9.97 Å². The second-order valence-electron chi connectivity index (χ2n) is 3.67. The first-order valence-corrected chi connectivity index (χ1v) is 4.73. The van der Waals surface area contributed by atoms with Crippen molar-refractivity contribution in [2.45, 2.75) is 24.4 Å². The third kappa shape index (κ3) is 1.59. The van der Waals surface area contributed by atoms with Crippen LogP contribution in [0.1, 0.15) is 18.5 Å². The maximum absolute atomic E-state index is 11.3. The molecule has 80 valence electrons. The first kappa shape index (κ1) is 10.0. The maximum atomic E-state index is 11.3. The van der Waals surface area contributed by atoms with Crippen LogP contribution in [0, 0.1) is 0 Å². The molecule has 5 heteroatoms. The van der Waals surface area contributed by atoms with Crippen LogP contribution in [0.3, 0.4) is 0 Å². The minimum atomic E-state index is -1.14. The number of aliphatic hydroxyl groups is 1. The van der Waals surface area contributed by atoms with Crippen LogP contribution in [0.15, 0.2) is 18.6 Å². The molecule has 1 aliphatic carbocycles. The summed E-state index contributed by atoms with van der Waals surface area (Å²) in [4.78, 5) is 19.3. The van der Waals surface area contributed by atoms with Gasteiger partial charge in [0.05, 0.1) is 18.2 Å². The number of methoxy groups -OCH3 is 1. The highest BCUT2D eigenvalue weighted by Gasteiger charge is 2.55. The van der Waals surface area contributed by atoms with Gasteiger partial charge in [0, 0.05) is 18.6 Å². The number of aliphatic hydroxyl groups excluding tert-OH is 1. The van der Waals surface area contributed by atoms with Crippen molar-refractivity contribution in [2.75, 3.05) is 7.11 Å². The molecule has 1 aromatic heterocycles. The maximum Gasteiger partial charge on any atom is 0.335 e. The lowest BCUT2D eigenvalue weighted by Crippen LogP contribution is -2.35. The fourth-order valence-corrected chi connectivity index (χ4v) is 1.70. The first-order valence-electron chi connectivity index (χ1n) is 4.73. The lowest BCUT2D eigenvalue weighted by molar-refractivity contribution is -0.152. The fourth-order valence-electron chi connectivity index (χ4n) is 1.70. The van der Waals surface area contributed by atoms with Crippen LogP contribution in [0.5, 0.6) is 0 Å². The SMILES string of the molecule is COC(=O)C(O)C1(c2cnccn2)CC1. The molecule has 1 unspecified atom stereocenters. The zero-order valence-electron chi connectivity index (χ0n) is 8.38. The lowest BCUT2D eigenvalue weighted by Gasteiger charge is -2.18. The molecule has 1 saturated carbocycles. The number of ether oxygens (including phenoxy) is 1. The second-order valence-corrected chi connectivity index (χ2v) is 3.67. The minimum absolute atomic E-state index is 0.568. The Morgan fingerprint density at radius 2 is 2.33 bits per heavy atom. The molecule has 0 spiro atoms. The lowest BCUT2D eigenvalue weighted by atomic mass is 9.95. The van der Waals surface area contributed by atoms with E-state index < -0.39 is 17.5 Å². The molecule has 2 rings (SSSR count). The average Bonchev–Trinajstić information content (AvgIpc) is 3.09. The number of rotatable bonds is 3. The molecule has 5 nitrogen and oxygen atoms in total. The summed E-state index contributed by atoms with van der Waals surface area (Å²) in [6.45, 7) is 0. The Morgan fingerprint density at radius 1 is 1.60 bits per heavy atom.